The van der Waals surface area contributed by atoms with Gasteiger partial charge in [0, 0.05) is 24.6 Å². The molecule has 2 N–H and O–H groups in total. The number of hydrazine groups is 1. The number of nitrogens with one attached hydrogen (secondary N) is 2. The Balaban J connectivity index is 1.55. The van der Waals surface area contributed by atoms with Gasteiger partial charge in [-0.05, 0) is 68.5 Å². The van der Waals surface area contributed by atoms with E-state index in [1.165, 1.54) is 4.31 Å². The molecule has 0 spiro atoms. The summed E-state index contributed by atoms with van der Waals surface area (Å²) in [5.74, 6) is -1.04. The van der Waals surface area contributed by atoms with E-state index in [1.54, 1.807) is 30.3 Å². The molecule has 0 atom stereocenters. The van der Waals surface area contributed by atoms with E-state index in [1.807, 2.05) is 32.9 Å². The Kier molecular flexibility index (Phi) is 6.58. The van der Waals surface area contributed by atoms with Crippen molar-refractivity contribution in [3.05, 3.63) is 64.7 Å². The van der Waals surface area contributed by atoms with Gasteiger partial charge < -0.3 is 0 Å². The van der Waals surface area contributed by atoms with E-state index in [2.05, 4.69) is 10.9 Å². The number of nitrogens with zero attached hydrogens (tertiary/aromatic N) is 1. The number of carbonyl (C=O) groups excluding carboxylic acids is 2. The maximum Gasteiger partial charge on any atom is 0.269 e. The lowest BCUT2D eigenvalue weighted by atomic mass is 9.97. The van der Waals surface area contributed by atoms with Crippen molar-refractivity contribution in [3.63, 3.8) is 0 Å². The summed E-state index contributed by atoms with van der Waals surface area (Å²) in [6.07, 6.45) is 0.798. The third-order valence-corrected chi connectivity index (χ3v) is 7.52. The van der Waals surface area contributed by atoms with Gasteiger partial charge in [-0.3, -0.25) is 20.4 Å². The van der Waals surface area contributed by atoms with Crippen molar-refractivity contribution in [2.45, 2.75) is 38.5 Å². The molecule has 2 amide bonds. The van der Waals surface area contributed by atoms with E-state index in [0.717, 1.165) is 16.7 Å². The van der Waals surface area contributed by atoms with Crippen molar-refractivity contribution < 1.29 is 18.0 Å². The minimum Gasteiger partial charge on any atom is -0.273 e. The Morgan fingerprint density at radius 2 is 1.57 bits per heavy atom. The van der Waals surface area contributed by atoms with Gasteiger partial charge in [-0.1, -0.05) is 24.3 Å². The number of hydrogen-bond donors (Lipinski definition) is 2. The highest BCUT2D eigenvalue weighted by Gasteiger charge is 2.32. The van der Waals surface area contributed by atoms with E-state index in [-0.39, 0.29) is 35.7 Å². The van der Waals surface area contributed by atoms with Crippen molar-refractivity contribution in [2.24, 2.45) is 5.92 Å². The van der Waals surface area contributed by atoms with Crippen LogP contribution in [0.3, 0.4) is 0 Å². The van der Waals surface area contributed by atoms with Crippen molar-refractivity contribution in [1.82, 2.24) is 15.2 Å². The van der Waals surface area contributed by atoms with E-state index >= 15 is 0 Å². The van der Waals surface area contributed by atoms with Crippen LogP contribution in [0.5, 0.6) is 0 Å². The summed E-state index contributed by atoms with van der Waals surface area (Å²) in [5.41, 5.74) is 8.19. The lowest BCUT2D eigenvalue weighted by Crippen LogP contribution is -2.48. The Morgan fingerprint density at radius 3 is 2.20 bits per heavy atom. The SMILES string of the molecule is Cc1ccc(S(=O)(=O)N2CCC(C(=O)NNC(=O)c3ccccc3C)CC2)cc1C. The summed E-state index contributed by atoms with van der Waals surface area (Å²) in [6.45, 7) is 6.17. The lowest BCUT2D eigenvalue weighted by Gasteiger charge is -2.30. The normalized spacial score (nSPS) is 15.6. The molecule has 2 aromatic rings. The zero-order chi connectivity index (χ0) is 21.9. The predicted molar refractivity (Wildman–Crippen MR) is 114 cm³/mol. The Labute approximate surface area is 177 Å². The van der Waals surface area contributed by atoms with Crippen molar-refractivity contribution in [1.29, 1.82) is 0 Å². The van der Waals surface area contributed by atoms with Crippen LogP contribution < -0.4 is 10.9 Å². The molecule has 1 aliphatic rings. The van der Waals surface area contributed by atoms with Gasteiger partial charge in [-0.15, -0.1) is 0 Å². The first-order valence-corrected chi connectivity index (χ1v) is 11.4. The lowest BCUT2D eigenvalue weighted by molar-refractivity contribution is -0.126. The first kappa shape index (κ1) is 22.0. The number of rotatable bonds is 4. The molecule has 1 aliphatic heterocycles. The molecule has 7 nitrogen and oxygen atoms in total. The average Bonchev–Trinajstić information content (AvgIpc) is 2.74. The number of sulfonamides is 1. The van der Waals surface area contributed by atoms with Crippen molar-refractivity contribution >= 4 is 21.8 Å². The molecule has 0 saturated carbocycles. The Hall–Kier alpha value is -2.71. The first-order valence-electron chi connectivity index (χ1n) is 9.93. The molecule has 0 bridgehead atoms. The van der Waals surface area contributed by atoms with E-state index in [0.29, 0.717) is 18.4 Å². The standard InChI is InChI=1S/C22H27N3O4S/c1-15-8-9-19(14-17(15)3)30(28,29)25-12-10-18(11-13-25)21(26)23-24-22(27)20-7-5-4-6-16(20)2/h4-9,14,18H,10-13H2,1-3H3,(H,23,26)(H,24,27). The summed E-state index contributed by atoms with van der Waals surface area (Å²) in [4.78, 5) is 24.9. The van der Waals surface area contributed by atoms with Crippen LogP contribution in [0.2, 0.25) is 0 Å². The van der Waals surface area contributed by atoms with Crippen LogP contribution in [0.4, 0.5) is 0 Å². The molecular weight excluding hydrogens is 402 g/mol. The van der Waals surface area contributed by atoms with Crippen LogP contribution in [-0.4, -0.2) is 37.6 Å². The molecule has 1 heterocycles. The van der Waals surface area contributed by atoms with Crippen molar-refractivity contribution in [2.75, 3.05) is 13.1 Å². The molecular formula is C22H27N3O4S. The highest BCUT2D eigenvalue weighted by Crippen LogP contribution is 2.25. The second kappa shape index (κ2) is 8.97. The summed E-state index contributed by atoms with van der Waals surface area (Å²) >= 11 is 0. The van der Waals surface area contributed by atoms with Gasteiger partial charge in [-0.2, -0.15) is 4.31 Å². The van der Waals surface area contributed by atoms with Crippen LogP contribution in [-0.2, 0) is 14.8 Å². The highest BCUT2D eigenvalue weighted by molar-refractivity contribution is 7.89. The molecule has 160 valence electrons. The van der Waals surface area contributed by atoms with E-state index in [9.17, 15) is 18.0 Å². The van der Waals surface area contributed by atoms with E-state index < -0.39 is 10.0 Å². The number of benzene rings is 2. The monoisotopic (exact) mass is 429 g/mol. The highest BCUT2D eigenvalue weighted by atomic mass is 32.2. The number of hydrogen-bond acceptors (Lipinski definition) is 4. The van der Waals surface area contributed by atoms with Gasteiger partial charge in [0.15, 0.2) is 0 Å². The second-order valence-electron chi connectivity index (χ2n) is 7.68. The summed E-state index contributed by atoms with van der Waals surface area (Å²) < 4.78 is 27.2. The van der Waals surface area contributed by atoms with Gasteiger partial charge in [-0.25, -0.2) is 8.42 Å². The third-order valence-electron chi connectivity index (χ3n) is 5.63. The number of amides is 2. The summed E-state index contributed by atoms with van der Waals surface area (Å²) in [7, 11) is -3.59. The largest absolute Gasteiger partial charge is 0.273 e. The van der Waals surface area contributed by atoms with Gasteiger partial charge >= 0.3 is 0 Å². The smallest absolute Gasteiger partial charge is 0.269 e. The second-order valence-corrected chi connectivity index (χ2v) is 9.62. The quantitative estimate of drug-likeness (QED) is 0.730. The van der Waals surface area contributed by atoms with Gasteiger partial charge in [0.1, 0.15) is 0 Å². The minimum absolute atomic E-state index is 0.263. The molecule has 0 aliphatic carbocycles. The molecule has 0 aromatic heterocycles. The zero-order valence-electron chi connectivity index (χ0n) is 17.4. The minimum atomic E-state index is -3.59. The van der Waals surface area contributed by atoms with Crippen LogP contribution >= 0.6 is 0 Å². The van der Waals surface area contributed by atoms with Crippen molar-refractivity contribution in [3.8, 4) is 0 Å². The van der Waals surface area contributed by atoms with Crippen LogP contribution in [0.1, 0.15) is 39.9 Å². The molecule has 0 radical (unpaired) electrons. The molecule has 30 heavy (non-hydrogen) atoms. The fourth-order valence-corrected chi connectivity index (χ4v) is 5.05. The number of piperidine rings is 1. The number of carbonyl (C=O) groups is 2. The molecule has 8 heteroatoms. The Bertz CT molecular complexity index is 1060. The maximum absolute atomic E-state index is 12.9. The fourth-order valence-electron chi connectivity index (χ4n) is 3.50. The van der Waals surface area contributed by atoms with Crippen LogP contribution in [0.25, 0.3) is 0 Å². The van der Waals surface area contributed by atoms with Gasteiger partial charge in [0.25, 0.3) is 5.91 Å². The molecule has 1 saturated heterocycles. The third kappa shape index (κ3) is 4.71. The average molecular weight is 430 g/mol. The van der Waals surface area contributed by atoms with Gasteiger partial charge in [0.05, 0.1) is 4.90 Å². The predicted octanol–water partition coefficient (Wildman–Crippen LogP) is 2.47. The number of aryl methyl sites for hydroxylation is 3. The van der Waals surface area contributed by atoms with Crippen LogP contribution in [0.15, 0.2) is 47.4 Å². The fraction of sp³-hybridized carbons (Fsp3) is 0.364. The molecule has 0 unspecified atom stereocenters. The molecule has 2 aromatic carbocycles. The summed E-state index contributed by atoms with van der Waals surface area (Å²) in [5, 5.41) is 0. The topological polar surface area (TPSA) is 95.6 Å². The summed E-state index contributed by atoms with van der Waals surface area (Å²) in [6, 6.07) is 12.2. The maximum atomic E-state index is 12.9. The Morgan fingerprint density at radius 1 is 0.900 bits per heavy atom. The van der Waals surface area contributed by atoms with Crippen LogP contribution in [0, 0.1) is 26.7 Å². The van der Waals surface area contributed by atoms with Gasteiger partial charge in [0.2, 0.25) is 15.9 Å². The zero-order valence-corrected chi connectivity index (χ0v) is 18.3. The molecule has 1 fully saturated rings. The van der Waals surface area contributed by atoms with E-state index in [4.69, 9.17) is 0 Å². The molecule has 3 rings (SSSR count). The first-order chi connectivity index (χ1) is 14.2.